The van der Waals surface area contributed by atoms with E-state index in [-0.39, 0.29) is 24.6 Å². The summed E-state index contributed by atoms with van der Waals surface area (Å²) in [6.45, 7) is 0.741. The molecule has 10 nitrogen and oxygen atoms in total. The first kappa shape index (κ1) is 25.3. The van der Waals surface area contributed by atoms with E-state index in [4.69, 9.17) is 0 Å². The average Bonchev–Trinajstić information content (AvgIpc) is 3.31. The number of aromatic nitrogens is 5. The van der Waals surface area contributed by atoms with Crippen molar-refractivity contribution in [3.63, 3.8) is 0 Å². The lowest BCUT2D eigenvalue weighted by atomic mass is 10.0. The highest BCUT2D eigenvalue weighted by Crippen LogP contribution is 2.26. The first-order valence-corrected chi connectivity index (χ1v) is 13.4. The van der Waals surface area contributed by atoms with E-state index in [0.29, 0.717) is 23.5 Å². The fraction of sp³-hybridized carbons (Fsp3) is 0.435. The zero-order valence-electron chi connectivity index (χ0n) is 19.7. The van der Waals surface area contributed by atoms with Crippen LogP contribution in [-0.2, 0) is 36.0 Å². The minimum atomic E-state index is -4.56. The molecule has 0 spiro atoms. The van der Waals surface area contributed by atoms with Gasteiger partial charge in [-0.3, -0.25) is 9.78 Å². The zero-order chi connectivity index (χ0) is 26.2. The number of fused-ring (bicyclic) bond motifs is 2. The number of hydrogen-bond donors (Lipinski definition) is 1. The van der Waals surface area contributed by atoms with Gasteiger partial charge in [0.15, 0.2) is 5.82 Å². The van der Waals surface area contributed by atoms with Crippen LogP contribution in [0.2, 0.25) is 0 Å². The number of hydrogen-bond acceptors (Lipinski definition) is 7. The number of anilines is 1. The standard InChI is InChI=1S/C23H24F3N7O3S/c24-23(25,26)8-11-37(35,36)32-10-7-15-13-27-18(12-16(15)14-32)22(34)29-19-5-3-4-17(28-19)21-31-30-20-6-1-2-9-33(20)21/h3-5,12-13H,1-2,6-11,14H2,(H,28,29,34). The molecule has 5 heterocycles. The summed E-state index contributed by atoms with van der Waals surface area (Å²) in [5.41, 5.74) is 1.88. The fourth-order valence-corrected chi connectivity index (χ4v) is 5.91. The molecule has 3 aromatic rings. The summed E-state index contributed by atoms with van der Waals surface area (Å²) < 4.78 is 65.5. The number of alkyl halides is 3. The quantitative estimate of drug-likeness (QED) is 0.515. The van der Waals surface area contributed by atoms with Gasteiger partial charge in [0.05, 0.1) is 12.2 Å². The van der Waals surface area contributed by atoms with Crippen molar-refractivity contribution in [3.05, 3.63) is 53.1 Å². The summed E-state index contributed by atoms with van der Waals surface area (Å²) in [6.07, 6.45) is -1.24. The number of sulfonamides is 1. The van der Waals surface area contributed by atoms with Crippen LogP contribution in [0.25, 0.3) is 11.5 Å². The van der Waals surface area contributed by atoms with Crippen molar-refractivity contribution < 1.29 is 26.4 Å². The third-order valence-electron chi connectivity index (χ3n) is 6.41. The Hall–Kier alpha value is -3.39. The molecule has 0 unspecified atom stereocenters. The molecule has 0 aromatic carbocycles. The second kappa shape index (κ2) is 9.82. The molecule has 0 bridgehead atoms. The second-order valence-electron chi connectivity index (χ2n) is 9.01. The van der Waals surface area contributed by atoms with Crippen molar-refractivity contribution in [3.8, 4) is 11.5 Å². The van der Waals surface area contributed by atoms with E-state index >= 15 is 0 Å². The van der Waals surface area contributed by atoms with Gasteiger partial charge in [-0.25, -0.2) is 13.4 Å². The Balaban J connectivity index is 1.30. The predicted octanol–water partition coefficient (Wildman–Crippen LogP) is 2.96. The highest BCUT2D eigenvalue weighted by Gasteiger charge is 2.34. The van der Waals surface area contributed by atoms with E-state index < -0.39 is 34.3 Å². The molecule has 0 saturated heterocycles. The molecule has 5 rings (SSSR count). The third-order valence-corrected chi connectivity index (χ3v) is 8.23. The van der Waals surface area contributed by atoms with Gasteiger partial charge >= 0.3 is 6.18 Å². The number of carbonyl (C=O) groups is 1. The van der Waals surface area contributed by atoms with Crippen molar-refractivity contribution in [2.24, 2.45) is 0 Å². The molecular formula is C23H24F3N7O3S. The Morgan fingerprint density at radius 3 is 2.73 bits per heavy atom. The maximum Gasteiger partial charge on any atom is 0.390 e. The van der Waals surface area contributed by atoms with Crippen LogP contribution in [0, 0.1) is 0 Å². The Morgan fingerprint density at radius 2 is 1.92 bits per heavy atom. The first-order chi connectivity index (χ1) is 17.6. The average molecular weight is 536 g/mol. The molecule has 0 radical (unpaired) electrons. The van der Waals surface area contributed by atoms with Gasteiger partial charge in [-0.2, -0.15) is 17.5 Å². The molecule has 0 saturated carbocycles. The molecule has 37 heavy (non-hydrogen) atoms. The Labute approximate surface area is 211 Å². The van der Waals surface area contributed by atoms with Gasteiger partial charge in [-0.1, -0.05) is 6.07 Å². The van der Waals surface area contributed by atoms with Crippen molar-refractivity contribution in [1.82, 2.24) is 29.0 Å². The number of aryl methyl sites for hydroxylation is 1. The van der Waals surface area contributed by atoms with Crippen molar-refractivity contribution in [2.45, 2.75) is 51.4 Å². The van der Waals surface area contributed by atoms with Gasteiger partial charge in [0.25, 0.3) is 5.91 Å². The van der Waals surface area contributed by atoms with Crippen LogP contribution in [0.5, 0.6) is 0 Å². The third kappa shape index (κ3) is 5.64. The van der Waals surface area contributed by atoms with Gasteiger partial charge in [-0.05, 0) is 48.6 Å². The van der Waals surface area contributed by atoms with Crippen LogP contribution in [-0.4, -0.2) is 61.8 Å². The van der Waals surface area contributed by atoms with E-state index in [1.807, 2.05) is 4.57 Å². The summed E-state index contributed by atoms with van der Waals surface area (Å²) in [4.78, 5) is 21.6. The summed E-state index contributed by atoms with van der Waals surface area (Å²) in [6, 6.07) is 6.62. The largest absolute Gasteiger partial charge is 0.390 e. The van der Waals surface area contributed by atoms with E-state index in [1.54, 1.807) is 18.2 Å². The highest BCUT2D eigenvalue weighted by molar-refractivity contribution is 7.89. The minimum Gasteiger partial charge on any atom is -0.310 e. The number of carbonyl (C=O) groups excluding carboxylic acids is 1. The van der Waals surface area contributed by atoms with E-state index in [9.17, 15) is 26.4 Å². The summed E-state index contributed by atoms with van der Waals surface area (Å²) >= 11 is 0. The van der Waals surface area contributed by atoms with Crippen molar-refractivity contribution in [1.29, 1.82) is 0 Å². The van der Waals surface area contributed by atoms with E-state index in [2.05, 4.69) is 25.5 Å². The molecule has 2 aliphatic rings. The lowest BCUT2D eigenvalue weighted by Crippen LogP contribution is -2.38. The van der Waals surface area contributed by atoms with Gasteiger partial charge in [0.2, 0.25) is 10.0 Å². The molecule has 2 aliphatic heterocycles. The molecule has 1 amide bonds. The van der Waals surface area contributed by atoms with Crippen LogP contribution in [0.15, 0.2) is 30.5 Å². The van der Waals surface area contributed by atoms with Crippen molar-refractivity contribution >= 4 is 21.7 Å². The normalized spacial score (nSPS) is 16.2. The smallest absolute Gasteiger partial charge is 0.310 e. The van der Waals surface area contributed by atoms with Crippen LogP contribution in [0.4, 0.5) is 19.0 Å². The monoisotopic (exact) mass is 535 g/mol. The topological polar surface area (TPSA) is 123 Å². The molecule has 3 aromatic heterocycles. The van der Waals surface area contributed by atoms with E-state index in [0.717, 1.165) is 41.5 Å². The van der Waals surface area contributed by atoms with Crippen molar-refractivity contribution in [2.75, 3.05) is 17.6 Å². The number of pyridine rings is 2. The Bertz CT molecular complexity index is 1440. The molecule has 0 atom stereocenters. The Morgan fingerprint density at radius 1 is 1.08 bits per heavy atom. The highest BCUT2D eigenvalue weighted by atomic mass is 32.2. The fourth-order valence-electron chi connectivity index (χ4n) is 4.45. The van der Waals surface area contributed by atoms with Crippen LogP contribution >= 0.6 is 0 Å². The zero-order valence-corrected chi connectivity index (χ0v) is 20.5. The van der Waals surface area contributed by atoms with Gasteiger partial charge < -0.3 is 9.88 Å². The lowest BCUT2D eigenvalue weighted by Gasteiger charge is -2.28. The SMILES string of the molecule is O=C(Nc1cccc(-c2nnc3n2CCCC3)n1)c1cc2c(cn1)CCN(S(=O)(=O)CCC(F)(F)F)C2. The molecule has 14 heteroatoms. The molecule has 1 N–H and O–H groups in total. The number of nitrogens with zero attached hydrogens (tertiary/aromatic N) is 6. The second-order valence-corrected chi connectivity index (χ2v) is 11.1. The van der Waals surface area contributed by atoms with Gasteiger partial charge in [-0.15, -0.1) is 10.2 Å². The summed E-state index contributed by atoms with van der Waals surface area (Å²) in [5, 5.41) is 11.2. The van der Waals surface area contributed by atoms with Gasteiger partial charge in [0.1, 0.15) is 23.0 Å². The van der Waals surface area contributed by atoms with Gasteiger partial charge in [0, 0.05) is 32.3 Å². The number of nitrogens with one attached hydrogen (secondary N) is 1. The molecular weight excluding hydrogens is 511 g/mol. The maximum atomic E-state index is 12.9. The summed E-state index contributed by atoms with van der Waals surface area (Å²) in [7, 11) is -4.10. The number of rotatable bonds is 6. The van der Waals surface area contributed by atoms with E-state index in [1.165, 1.54) is 12.3 Å². The minimum absolute atomic E-state index is 0.0420. The lowest BCUT2D eigenvalue weighted by molar-refractivity contribution is -0.130. The van der Waals surface area contributed by atoms with Crippen LogP contribution in [0.1, 0.15) is 46.7 Å². The molecule has 0 fully saturated rings. The molecule has 0 aliphatic carbocycles. The molecule has 196 valence electrons. The van der Waals surface area contributed by atoms with Crippen LogP contribution in [0.3, 0.4) is 0 Å². The Kier molecular flexibility index (Phi) is 6.70. The van der Waals surface area contributed by atoms with Crippen LogP contribution < -0.4 is 5.32 Å². The number of amides is 1. The summed E-state index contributed by atoms with van der Waals surface area (Å²) in [5.74, 6) is 0.260. The number of halogens is 3. The predicted molar refractivity (Wildman–Crippen MR) is 127 cm³/mol. The first-order valence-electron chi connectivity index (χ1n) is 11.8. The maximum absolute atomic E-state index is 12.9.